The van der Waals surface area contributed by atoms with Gasteiger partial charge in [0.15, 0.2) is 0 Å². The Morgan fingerprint density at radius 2 is 2.00 bits per heavy atom. The Morgan fingerprint density at radius 3 is 2.33 bits per heavy atom. The Hall–Kier alpha value is -0.480. The fourth-order valence-electron chi connectivity index (χ4n) is 0.575. The lowest BCUT2D eigenvalue weighted by atomic mass is 10.1. The second-order valence-corrected chi connectivity index (χ2v) is 2.65. The van der Waals surface area contributed by atoms with Gasteiger partial charge >= 0.3 is 0 Å². The maximum atomic E-state index is 8.87. The van der Waals surface area contributed by atoms with E-state index in [1.165, 1.54) is 0 Å². The lowest BCUT2D eigenvalue weighted by molar-refractivity contribution is 0.212. The average molecular weight is 126 g/mol. The number of terminal acetylenes is 1. The van der Waals surface area contributed by atoms with Crippen molar-refractivity contribution in [3.63, 3.8) is 0 Å². The van der Waals surface area contributed by atoms with E-state index in [1.54, 1.807) is 0 Å². The van der Waals surface area contributed by atoms with Crippen molar-refractivity contribution in [1.29, 1.82) is 0 Å². The van der Waals surface area contributed by atoms with Crippen LogP contribution in [0.5, 0.6) is 0 Å². The van der Waals surface area contributed by atoms with Crippen LogP contribution in [0.4, 0.5) is 0 Å². The van der Waals surface area contributed by atoms with Gasteiger partial charge in [0, 0.05) is 0 Å². The quantitative estimate of drug-likeness (QED) is 0.567. The van der Waals surface area contributed by atoms with E-state index in [0.29, 0.717) is 5.92 Å². The highest BCUT2D eigenvalue weighted by molar-refractivity contribution is 4.92. The van der Waals surface area contributed by atoms with Gasteiger partial charge in [-0.2, -0.15) is 0 Å². The summed E-state index contributed by atoms with van der Waals surface area (Å²) in [6.45, 7) is 4.23. The molecular formula is C8H14O. The summed E-state index contributed by atoms with van der Waals surface area (Å²) in [6, 6.07) is 0. The van der Waals surface area contributed by atoms with Crippen LogP contribution < -0.4 is 0 Å². The van der Waals surface area contributed by atoms with Crippen LogP contribution in [0.1, 0.15) is 26.7 Å². The number of rotatable bonds is 3. The number of hydrogen-bond acceptors (Lipinski definition) is 1. The summed E-state index contributed by atoms with van der Waals surface area (Å²) >= 11 is 0. The molecule has 0 aromatic carbocycles. The van der Waals surface area contributed by atoms with Gasteiger partial charge in [-0.3, -0.25) is 0 Å². The minimum atomic E-state index is -0.535. The van der Waals surface area contributed by atoms with Crippen LogP contribution >= 0.6 is 0 Å². The van der Waals surface area contributed by atoms with Crippen molar-refractivity contribution >= 4 is 0 Å². The molecule has 0 aliphatic carbocycles. The molecule has 0 amide bonds. The first-order chi connectivity index (χ1) is 4.16. The summed E-state index contributed by atoms with van der Waals surface area (Å²) < 4.78 is 0. The van der Waals surface area contributed by atoms with Gasteiger partial charge in [-0.05, 0) is 18.8 Å². The highest BCUT2D eigenvalue weighted by Gasteiger charge is 1.99. The highest BCUT2D eigenvalue weighted by Crippen LogP contribution is 2.05. The lowest BCUT2D eigenvalue weighted by Gasteiger charge is -2.04. The van der Waals surface area contributed by atoms with Gasteiger partial charge in [-0.15, -0.1) is 6.42 Å². The van der Waals surface area contributed by atoms with Gasteiger partial charge in [0.05, 0.1) is 0 Å². The second-order valence-electron chi connectivity index (χ2n) is 2.65. The fraction of sp³-hybridized carbons (Fsp3) is 0.750. The van der Waals surface area contributed by atoms with Crippen LogP contribution in [0.25, 0.3) is 0 Å². The molecule has 0 radical (unpaired) electrons. The van der Waals surface area contributed by atoms with Crippen LogP contribution in [0.15, 0.2) is 0 Å². The minimum Gasteiger partial charge on any atom is -0.380 e. The first-order valence-electron chi connectivity index (χ1n) is 3.31. The summed E-state index contributed by atoms with van der Waals surface area (Å²) in [6.07, 6.45) is 6.16. The molecule has 0 unspecified atom stereocenters. The molecule has 0 aromatic rings. The summed E-state index contributed by atoms with van der Waals surface area (Å²) in [7, 11) is 0. The largest absolute Gasteiger partial charge is 0.380 e. The van der Waals surface area contributed by atoms with Crippen molar-refractivity contribution < 1.29 is 5.11 Å². The Morgan fingerprint density at radius 1 is 1.44 bits per heavy atom. The van der Waals surface area contributed by atoms with Gasteiger partial charge < -0.3 is 5.11 Å². The van der Waals surface area contributed by atoms with Crippen molar-refractivity contribution in [2.75, 3.05) is 0 Å². The Balaban J connectivity index is 3.19. The van der Waals surface area contributed by atoms with E-state index in [4.69, 9.17) is 11.5 Å². The Bertz CT molecular complexity index is 99.6. The monoisotopic (exact) mass is 126 g/mol. The Labute approximate surface area is 57.1 Å². The molecule has 0 aromatic heterocycles. The van der Waals surface area contributed by atoms with E-state index in [-0.39, 0.29) is 0 Å². The van der Waals surface area contributed by atoms with Gasteiger partial charge in [0.25, 0.3) is 0 Å². The highest BCUT2D eigenvalue weighted by atomic mass is 16.3. The molecule has 0 rings (SSSR count). The Kier molecular flexibility index (Phi) is 4.17. The maximum absolute atomic E-state index is 8.87. The number of hydrogen-bond donors (Lipinski definition) is 1. The zero-order valence-electron chi connectivity index (χ0n) is 6.09. The molecule has 0 aliphatic rings. The second kappa shape index (κ2) is 4.40. The lowest BCUT2D eigenvalue weighted by Crippen LogP contribution is -2.03. The van der Waals surface area contributed by atoms with E-state index in [9.17, 15) is 0 Å². The molecule has 1 heteroatoms. The third kappa shape index (κ3) is 5.39. The van der Waals surface area contributed by atoms with E-state index in [2.05, 4.69) is 19.8 Å². The molecule has 1 nitrogen and oxygen atoms in total. The molecule has 0 heterocycles. The van der Waals surface area contributed by atoms with Crippen molar-refractivity contribution in [1.82, 2.24) is 0 Å². The molecular weight excluding hydrogens is 112 g/mol. The van der Waals surface area contributed by atoms with Gasteiger partial charge in [-0.25, -0.2) is 0 Å². The van der Waals surface area contributed by atoms with Crippen molar-refractivity contribution in [2.45, 2.75) is 32.8 Å². The molecule has 0 fully saturated rings. The summed E-state index contributed by atoms with van der Waals surface area (Å²) in [5.74, 6) is 2.91. The average Bonchev–Trinajstić information content (AvgIpc) is 1.83. The molecule has 0 spiro atoms. The normalized spacial score (nSPS) is 13.2. The van der Waals surface area contributed by atoms with Crippen molar-refractivity contribution in [2.24, 2.45) is 5.92 Å². The van der Waals surface area contributed by atoms with E-state index in [1.807, 2.05) is 0 Å². The predicted octanol–water partition coefficient (Wildman–Crippen LogP) is 1.42. The summed E-state index contributed by atoms with van der Waals surface area (Å²) in [5.41, 5.74) is 0. The molecule has 1 atom stereocenters. The van der Waals surface area contributed by atoms with E-state index < -0.39 is 6.10 Å². The molecule has 0 bridgehead atoms. The molecule has 0 saturated carbocycles. The third-order valence-corrected chi connectivity index (χ3v) is 1.21. The molecule has 1 N–H and O–H groups in total. The van der Waals surface area contributed by atoms with Gasteiger partial charge in [-0.1, -0.05) is 19.8 Å². The van der Waals surface area contributed by atoms with Crippen LogP contribution in [0, 0.1) is 18.3 Å². The fourth-order valence-corrected chi connectivity index (χ4v) is 0.575. The zero-order chi connectivity index (χ0) is 7.28. The van der Waals surface area contributed by atoms with E-state index in [0.717, 1.165) is 12.8 Å². The van der Waals surface area contributed by atoms with Crippen molar-refractivity contribution in [3.8, 4) is 12.3 Å². The number of aliphatic hydroxyl groups is 1. The maximum Gasteiger partial charge on any atom is 0.114 e. The summed E-state index contributed by atoms with van der Waals surface area (Å²) in [5, 5.41) is 8.87. The minimum absolute atomic E-state index is 0.535. The molecule has 52 valence electrons. The third-order valence-electron chi connectivity index (χ3n) is 1.21. The smallest absolute Gasteiger partial charge is 0.114 e. The zero-order valence-corrected chi connectivity index (χ0v) is 6.09. The topological polar surface area (TPSA) is 20.2 Å². The predicted molar refractivity (Wildman–Crippen MR) is 38.9 cm³/mol. The molecule has 9 heavy (non-hydrogen) atoms. The van der Waals surface area contributed by atoms with E-state index >= 15 is 0 Å². The van der Waals surface area contributed by atoms with Crippen LogP contribution in [-0.4, -0.2) is 11.2 Å². The van der Waals surface area contributed by atoms with Crippen LogP contribution in [0.3, 0.4) is 0 Å². The first-order valence-corrected chi connectivity index (χ1v) is 3.31. The van der Waals surface area contributed by atoms with Gasteiger partial charge in [0.2, 0.25) is 0 Å². The van der Waals surface area contributed by atoms with Gasteiger partial charge in [0.1, 0.15) is 6.10 Å². The molecule has 0 aliphatic heterocycles. The van der Waals surface area contributed by atoms with Crippen LogP contribution in [-0.2, 0) is 0 Å². The number of aliphatic hydroxyl groups excluding tert-OH is 1. The van der Waals surface area contributed by atoms with Crippen molar-refractivity contribution in [3.05, 3.63) is 0 Å². The first kappa shape index (κ1) is 8.52. The SMILES string of the molecule is C#C[C@H](O)CCC(C)C. The molecule has 0 saturated heterocycles. The van der Waals surface area contributed by atoms with Crippen LogP contribution in [0.2, 0.25) is 0 Å². The standard InChI is InChI=1S/C8H14O/c1-4-8(9)6-5-7(2)3/h1,7-9H,5-6H2,2-3H3/t8-/m0/s1. The summed E-state index contributed by atoms with van der Waals surface area (Å²) in [4.78, 5) is 0.